The highest BCUT2D eigenvalue weighted by molar-refractivity contribution is 6.02. The molecule has 0 atom stereocenters. The van der Waals surface area contributed by atoms with Gasteiger partial charge >= 0.3 is 6.03 Å². The van der Waals surface area contributed by atoms with Crippen molar-refractivity contribution >= 4 is 17.4 Å². The average molecular weight is 441 g/mol. The molecule has 0 radical (unpaired) electrons. The molecular weight excluding hydrogens is 416 g/mol. The molecule has 0 saturated heterocycles. The van der Waals surface area contributed by atoms with E-state index in [0.29, 0.717) is 0 Å². The Hall–Kier alpha value is -4.73. The SMILES string of the molecule is CN(C(=O)N(C)c1ccc(C#Cc2ccccc2)cc1)c1ccc(C#Cc2ccccc2)cc1. The van der Waals surface area contributed by atoms with E-state index in [0.717, 1.165) is 33.6 Å². The fraction of sp³-hybridized carbons (Fsp3) is 0.0645. The van der Waals surface area contributed by atoms with Gasteiger partial charge in [-0.3, -0.25) is 9.80 Å². The standard InChI is InChI=1S/C31H24N2O/c1-32(29-21-17-27(18-22-29)15-13-25-9-5-3-6-10-25)31(34)33(2)30-23-19-28(20-24-30)16-14-26-11-7-4-8-12-26/h3-12,17-24H,1-2H3. The molecule has 34 heavy (non-hydrogen) atoms. The average Bonchev–Trinajstić information content (AvgIpc) is 2.91. The summed E-state index contributed by atoms with van der Waals surface area (Å²) in [7, 11) is 3.53. The van der Waals surface area contributed by atoms with E-state index in [1.165, 1.54) is 0 Å². The number of urea groups is 1. The van der Waals surface area contributed by atoms with Crippen molar-refractivity contribution in [2.75, 3.05) is 23.9 Å². The second kappa shape index (κ2) is 10.7. The van der Waals surface area contributed by atoms with Crippen molar-refractivity contribution in [1.29, 1.82) is 0 Å². The molecular formula is C31H24N2O. The van der Waals surface area contributed by atoms with Crippen LogP contribution >= 0.6 is 0 Å². The van der Waals surface area contributed by atoms with E-state index in [-0.39, 0.29) is 6.03 Å². The minimum atomic E-state index is -0.133. The molecule has 0 saturated carbocycles. The molecule has 4 rings (SSSR count). The van der Waals surface area contributed by atoms with Crippen LogP contribution in [0.25, 0.3) is 0 Å². The fourth-order valence-electron chi connectivity index (χ4n) is 3.31. The molecule has 0 aliphatic rings. The minimum absolute atomic E-state index is 0.133. The van der Waals surface area contributed by atoms with E-state index >= 15 is 0 Å². The third-order valence-electron chi connectivity index (χ3n) is 5.33. The quantitative estimate of drug-likeness (QED) is 0.342. The molecule has 0 fully saturated rings. The summed E-state index contributed by atoms with van der Waals surface area (Å²) in [6, 6.07) is 34.9. The van der Waals surface area contributed by atoms with Gasteiger partial charge in [-0.05, 0) is 72.8 Å². The predicted octanol–water partition coefficient (Wildman–Crippen LogP) is 6.18. The van der Waals surface area contributed by atoms with Crippen LogP contribution in [-0.2, 0) is 0 Å². The zero-order valence-electron chi connectivity index (χ0n) is 19.2. The molecule has 3 nitrogen and oxygen atoms in total. The van der Waals surface area contributed by atoms with E-state index in [9.17, 15) is 4.79 Å². The number of carbonyl (C=O) groups excluding carboxylic acids is 1. The highest BCUT2D eigenvalue weighted by Gasteiger charge is 2.17. The molecule has 4 aromatic rings. The van der Waals surface area contributed by atoms with Gasteiger partial charge in [0.25, 0.3) is 0 Å². The number of anilines is 2. The topological polar surface area (TPSA) is 23.6 Å². The van der Waals surface area contributed by atoms with Gasteiger partial charge in [0.15, 0.2) is 0 Å². The van der Waals surface area contributed by atoms with Gasteiger partial charge in [0.05, 0.1) is 0 Å². The lowest BCUT2D eigenvalue weighted by molar-refractivity contribution is 0.253. The van der Waals surface area contributed by atoms with Crippen LogP contribution in [0, 0.1) is 23.7 Å². The highest BCUT2D eigenvalue weighted by Crippen LogP contribution is 2.19. The summed E-state index contributed by atoms with van der Waals surface area (Å²) < 4.78 is 0. The van der Waals surface area contributed by atoms with Crippen LogP contribution < -0.4 is 9.80 Å². The van der Waals surface area contributed by atoms with E-state index in [4.69, 9.17) is 0 Å². The first-order chi connectivity index (χ1) is 16.6. The maximum Gasteiger partial charge on any atom is 0.328 e. The van der Waals surface area contributed by atoms with Crippen molar-refractivity contribution in [1.82, 2.24) is 0 Å². The number of hydrogen-bond donors (Lipinski definition) is 0. The maximum atomic E-state index is 13.0. The Morgan fingerprint density at radius 2 is 0.765 bits per heavy atom. The van der Waals surface area contributed by atoms with Gasteiger partial charge in [0.1, 0.15) is 0 Å². The van der Waals surface area contributed by atoms with Crippen LogP contribution in [0.2, 0.25) is 0 Å². The first-order valence-corrected chi connectivity index (χ1v) is 11.0. The van der Waals surface area contributed by atoms with Gasteiger partial charge in [-0.25, -0.2) is 4.79 Å². The monoisotopic (exact) mass is 440 g/mol. The first-order valence-electron chi connectivity index (χ1n) is 11.0. The van der Waals surface area contributed by atoms with Crippen LogP contribution in [-0.4, -0.2) is 20.1 Å². The molecule has 0 N–H and O–H groups in total. The third-order valence-corrected chi connectivity index (χ3v) is 5.33. The van der Waals surface area contributed by atoms with E-state index in [1.807, 2.05) is 109 Å². The Morgan fingerprint density at radius 1 is 0.471 bits per heavy atom. The maximum absolute atomic E-state index is 13.0. The molecule has 3 heteroatoms. The van der Waals surface area contributed by atoms with Gasteiger partial charge in [-0.1, -0.05) is 60.1 Å². The second-order valence-corrected chi connectivity index (χ2v) is 7.73. The zero-order chi connectivity index (χ0) is 23.8. The smallest absolute Gasteiger partial charge is 0.297 e. The Labute approximate surface area is 201 Å². The molecule has 0 bridgehead atoms. The summed E-state index contributed by atoms with van der Waals surface area (Å²) in [5.74, 6) is 12.6. The van der Waals surface area contributed by atoms with E-state index in [1.54, 1.807) is 23.9 Å². The molecule has 164 valence electrons. The van der Waals surface area contributed by atoms with Gasteiger partial charge in [-0.2, -0.15) is 0 Å². The predicted molar refractivity (Wildman–Crippen MR) is 140 cm³/mol. The van der Waals surface area contributed by atoms with Crippen LogP contribution in [0.1, 0.15) is 22.3 Å². The minimum Gasteiger partial charge on any atom is -0.297 e. The summed E-state index contributed by atoms with van der Waals surface area (Å²) in [5, 5.41) is 0. The molecule has 0 unspecified atom stereocenters. The van der Waals surface area contributed by atoms with Gasteiger partial charge < -0.3 is 0 Å². The van der Waals surface area contributed by atoms with Crippen molar-refractivity contribution in [3.8, 4) is 23.7 Å². The number of amides is 2. The summed E-state index contributed by atoms with van der Waals surface area (Å²) >= 11 is 0. The fourth-order valence-corrected chi connectivity index (χ4v) is 3.31. The number of carbonyl (C=O) groups is 1. The highest BCUT2D eigenvalue weighted by atomic mass is 16.2. The van der Waals surface area contributed by atoms with E-state index < -0.39 is 0 Å². The molecule has 2 amide bonds. The van der Waals surface area contributed by atoms with Crippen LogP contribution in [0.4, 0.5) is 16.2 Å². The van der Waals surface area contributed by atoms with Crippen molar-refractivity contribution in [2.24, 2.45) is 0 Å². The van der Waals surface area contributed by atoms with Gasteiger partial charge in [0.2, 0.25) is 0 Å². The summed E-state index contributed by atoms with van der Waals surface area (Å²) in [4.78, 5) is 16.3. The number of hydrogen-bond acceptors (Lipinski definition) is 1. The number of rotatable bonds is 2. The van der Waals surface area contributed by atoms with Gasteiger partial charge in [-0.15, -0.1) is 0 Å². The van der Waals surface area contributed by atoms with Crippen molar-refractivity contribution in [3.63, 3.8) is 0 Å². The Bertz CT molecular complexity index is 1260. The molecule has 0 aromatic heterocycles. The normalized spacial score (nSPS) is 9.71. The molecule has 0 heterocycles. The van der Waals surface area contributed by atoms with Crippen molar-refractivity contribution in [3.05, 3.63) is 131 Å². The van der Waals surface area contributed by atoms with E-state index in [2.05, 4.69) is 23.7 Å². The Balaban J connectivity index is 1.41. The molecule has 0 aliphatic carbocycles. The Morgan fingerprint density at radius 3 is 1.09 bits per heavy atom. The second-order valence-electron chi connectivity index (χ2n) is 7.73. The first kappa shape index (κ1) is 22.5. The van der Waals surface area contributed by atoms with Crippen LogP contribution in [0.3, 0.4) is 0 Å². The Kier molecular flexibility index (Phi) is 7.09. The van der Waals surface area contributed by atoms with Gasteiger partial charge in [0, 0.05) is 47.7 Å². The van der Waals surface area contributed by atoms with Crippen molar-refractivity contribution < 1.29 is 4.79 Å². The summed E-state index contributed by atoms with van der Waals surface area (Å²) in [6.45, 7) is 0. The van der Waals surface area contributed by atoms with Crippen LogP contribution in [0.5, 0.6) is 0 Å². The largest absolute Gasteiger partial charge is 0.328 e. The lowest BCUT2D eigenvalue weighted by atomic mass is 10.1. The summed E-state index contributed by atoms with van der Waals surface area (Å²) in [5.41, 5.74) is 5.33. The molecule has 0 spiro atoms. The summed E-state index contributed by atoms with van der Waals surface area (Å²) in [6.07, 6.45) is 0. The third kappa shape index (κ3) is 5.74. The van der Waals surface area contributed by atoms with Crippen LogP contribution in [0.15, 0.2) is 109 Å². The lowest BCUT2D eigenvalue weighted by Gasteiger charge is -2.25. The number of benzene rings is 4. The lowest BCUT2D eigenvalue weighted by Crippen LogP contribution is -2.38. The zero-order valence-corrected chi connectivity index (χ0v) is 19.2. The number of nitrogens with zero attached hydrogens (tertiary/aromatic N) is 2. The molecule has 0 aliphatic heterocycles. The van der Waals surface area contributed by atoms with Crippen molar-refractivity contribution in [2.45, 2.75) is 0 Å². The molecule has 4 aromatic carbocycles.